The Bertz CT molecular complexity index is 1320. The van der Waals surface area contributed by atoms with Crippen molar-refractivity contribution in [3.8, 4) is 5.75 Å². The number of phenolic OH excluding ortho intramolecular Hbond substituents is 1. The number of fused-ring (bicyclic) bond motifs is 3. The van der Waals surface area contributed by atoms with Crippen LogP contribution in [0.5, 0.6) is 5.75 Å². The molecular formula is C25H29FN4O8. The number of aromatic hydroxyl groups is 1. The van der Waals surface area contributed by atoms with Crippen molar-refractivity contribution in [3.05, 3.63) is 39.9 Å². The van der Waals surface area contributed by atoms with Crippen LogP contribution in [-0.4, -0.2) is 68.5 Å². The number of hydrogen-bond acceptors (Lipinski definition) is 10. The van der Waals surface area contributed by atoms with Crippen LogP contribution >= 0.6 is 0 Å². The first-order chi connectivity index (χ1) is 17.9. The SMILES string of the molecule is CCCCNCC(=O)Nc1cc(F)c2c(c1O)C(O)=C1C(=O)[C@]3(O)C(O)=C(C(N)=O)C(=O)[C@@H](N)[C@@H]3C[C@@H]1C2. The molecule has 0 radical (unpaired) electrons. The number of halogens is 1. The maximum Gasteiger partial charge on any atom is 0.255 e. The fourth-order valence-electron chi connectivity index (χ4n) is 5.53. The number of nitrogens with two attached hydrogens (primary N) is 2. The highest BCUT2D eigenvalue weighted by Crippen LogP contribution is 2.52. The van der Waals surface area contributed by atoms with Crippen LogP contribution in [0.3, 0.4) is 0 Å². The average molecular weight is 533 g/mol. The van der Waals surface area contributed by atoms with Crippen LogP contribution in [0.25, 0.3) is 5.76 Å². The lowest BCUT2D eigenvalue weighted by Gasteiger charge is -2.48. The number of unbranched alkanes of at least 4 members (excludes halogenated alkanes) is 1. The second kappa shape index (κ2) is 9.82. The molecule has 10 N–H and O–H groups in total. The second-order valence-electron chi connectivity index (χ2n) is 9.77. The van der Waals surface area contributed by atoms with Gasteiger partial charge in [-0.2, -0.15) is 0 Å². The highest BCUT2D eigenvalue weighted by Gasteiger charge is 2.63. The Labute approximate surface area is 216 Å². The van der Waals surface area contributed by atoms with E-state index in [2.05, 4.69) is 10.6 Å². The number of nitrogens with one attached hydrogen (secondary N) is 2. The van der Waals surface area contributed by atoms with Crippen LogP contribution < -0.4 is 22.1 Å². The van der Waals surface area contributed by atoms with Crippen LogP contribution in [0.15, 0.2) is 23.0 Å². The third kappa shape index (κ3) is 4.03. The van der Waals surface area contributed by atoms with E-state index in [-0.39, 0.29) is 30.6 Å². The predicted octanol–water partition coefficient (Wildman–Crippen LogP) is -0.172. The largest absolute Gasteiger partial charge is 0.508 e. The summed E-state index contributed by atoms with van der Waals surface area (Å²) in [5.74, 6) is -10.4. The molecule has 204 valence electrons. The van der Waals surface area contributed by atoms with Crippen LogP contribution in [0.1, 0.15) is 37.3 Å². The van der Waals surface area contributed by atoms with E-state index >= 15 is 4.39 Å². The van der Waals surface area contributed by atoms with Gasteiger partial charge in [0.1, 0.15) is 22.9 Å². The number of carbonyl (C=O) groups is 4. The molecule has 1 saturated carbocycles. The molecule has 0 unspecified atom stereocenters. The number of Topliss-reactive ketones (excluding diaryl/α,β-unsaturated/α-hetero) is 2. The Morgan fingerprint density at radius 1 is 1.24 bits per heavy atom. The maximum atomic E-state index is 15.2. The molecule has 4 rings (SSSR count). The maximum absolute atomic E-state index is 15.2. The number of anilines is 1. The van der Waals surface area contributed by atoms with Gasteiger partial charge in [0.15, 0.2) is 17.1 Å². The highest BCUT2D eigenvalue weighted by molar-refractivity contribution is 6.24. The number of rotatable bonds is 7. The number of primary amides is 1. The molecule has 4 atom stereocenters. The van der Waals surface area contributed by atoms with E-state index < -0.39 is 86.7 Å². The molecule has 0 saturated heterocycles. The van der Waals surface area contributed by atoms with Crippen LogP contribution in [-0.2, 0) is 25.6 Å². The highest BCUT2D eigenvalue weighted by atomic mass is 19.1. The average Bonchev–Trinajstić information content (AvgIpc) is 2.85. The summed E-state index contributed by atoms with van der Waals surface area (Å²) in [5.41, 5.74) is 5.81. The fourth-order valence-corrected chi connectivity index (χ4v) is 5.53. The minimum atomic E-state index is -2.86. The van der Waals surface area contributed by atoms with Crippen molar-refractivity contribution in [2.24, 2.45) is 23.3 Å². The first-order valence-electron chi connectivity index (χ1n) is 12.1. The zero-order valence-corrected chi connectivity index (χ0v) is 20.5. The van der Waals surface area contributed by atoms with Gasteiger partial charge in [0.05, 0.1) is 23.8 Å². The number of benzene rings is 1. The number of ketones is 2. The lowest BCUT2D eigenvalue weighted by atomic mass is 9.58. The molecule has 3 aliphatic rings. The van der Waals surface area contributed by atoms with Crippen molar-refractivity contribution in [3.63, 3.8) is 0 Å². The molecule has 2 amide bonds. The number of carbonyl (C=O) groups excluding carboxylic acids is 4. The van der Waals surface area contributed by atoms with Crippen molar-refractivity contribution >= 4 is 34.8 Å². The zero-order valence-electron chi connectivity index (χ0n) is 20.5. The number of hydrogen-bond donors (Lipinski definition) is 8. The van der Waals surface area contributed by atoms with Gasteiger partial charge >= 0.3 is 0 Å². The molecule has 0 spiro atoms. The van der Waals surface area contributed by atoms with E-state index in [1.54, 1.807) is 0 Å². The van der Waals surface area contributed by atoms with Crippen LogP contribution in [0.4, 0.5) is 10.1 Å². The minimum absolute atomic E-state index is 0.118. The van der Waals surface area contributed by atoms with Crippen molar-refractivity contribution in [1.82, 2.24) is 5.32 Å². The smallest absolute Gasteiger partial charge is 0.255 e. The number of amides is 2. The number of aliphatic hydroxyl groups is 3. The zero-order chi connectivity index (χ0) is 28.1. The normalized spacial score (nSPS) is 26.6. The van der Waals surface area contributed by atoms with E-state index in [0.29, 0.717) is 6.54 Å². The summed E-state index contributed by atoms with van der Waals surface area (Å²) in [7, 11) is 0. The standard InChI is InChI=1S/C25H29FN4O8/c1-2-3-4-29-8-14(31)30-13-7-12(26)10-5-9-6-11-18(27)21(34)17(24(28)37)23(36)25(11,38)22(35)15(9)20(33)16(10)19(13)32/h7,9,11,18,29,32-33,36,38H,2-6,8,27H2,1H3,(H2,28,37)(H,30,31)/t9-,11-,18-,25-/m0/s1. The number of phenols is 1. The monoisotopic (exact) mass is 532 g/mol. The van der Waals surface area contributed by atoms with Gasteiger partial charge in [-0.1, -0.05) is 13.3 Å². The lowest BCUT2D eigenvalue weighted by Crippen LogP contribution is -2.65. The van der Waals surface area contributed by atoms with Gasteiger partial charge in [0.25, 0.3) is 5.91 Å². The molecule has 13 heteroatoms. The van der Waals surface area contributed by atoms with Gasteiger partial charge in [-0.25, -0.2) is 4.39 Å². The number of aliphatic hydroxyl groups excluding tert-OH is 2. The molecule has 1 aromatic carbocycles. The van der Waals surface area contributed by atoms with Crippen molar-refractivity contribution < 1.29 is 44.0 Å². The lowest BCUT2D eigenvalue weighted by molar-refractivity contribution is -0.149. The summed E-state index contributed by atoms with van der Waals surface area (Å²) >= 11 is 0. The first-order valence-corrected chi connectivity index (χ1v) is 12.1. The molecule has 0 aromatic heterocycles. The summed E-state index contributed by atoms with van der Waals surface area (Å²) in [6.45, 7) is 2.43. The van der Waals surface area contributed by atoms with Gasteiger partial charge in [0, 0.05) is 23.1 Å². The van der Waals surface area contributed by atoms with Crippen LogP contribution in [0, 0.1) is 17.7 Å². The Morgan fingerprint density at radius 2 is 1.92 bits per heavy atom. The fraction of sp³-hybridized carbons (Fsp3) is 0.440. The summed E-state index contributed by atoms with van der Waals surface area (Å²) in [5, 5.41) is 49.1. The summed E-state index contributed by atoms with van der Waals surface area (Å²) in [4.78, 5) is 50.2. The Morgan fingerprint density at radius 3 is 2.55 bits per heavy atom. The van der Waals surface area contributed by atoms with E-state index in [1.807, 2.05) is 6.92 Å². The summed E-state index contributed by atoms with van der Waals surface area (Å²) < 4.78 is 15.2. The molecular weight excluding hydrogens is 503 g/mol. The van der Waals surface area contributed by atoms with Crippen molar-refractivity contribution in [2.75, 3.05) is 18.4 Å². The molecule has 38 heavy (non-hydrogen) atoms. The third-order valence-corrected chi connectivity index (χ3v) is 7.46. The first kappa shape index (κ1) is 27.2. The van der Waals surface area contributed by atoms with E-state index in [0.717, 1.165) is 18.9 Å². The molecule has 1 aromatic rings. The predicted molar refractivity (Wildman–Crippen MR) is 131 cm³/mol. The Balaban J connectivity index is 1.77. The second-order valence-corrected chi connectivity index (χ2v) is 9.77. The van der Waals surface area contributed by atoms with Gasteiger partial charge in [-0.05, 0) is 31.7 Å². The molecule has 1 fully saturated rings. The third-order valence-electron chi connectivity index (χ3n) is 7.46. The molecule has 0 aliphatic heterocycles. The van der Waals surface area contributed by atoms with E-state index in [9.17, 15) is 39.6 Å². The van der Waals surface area contributed by atoms with E-state index in [4.69, 9.17) is 11.5 Å². The van der Waals surface area contributed by atoms with Gasteiger partial charge < -0.3 is 42.5 Å². The minimum Gasteiger partial charge on any atom is -0.508 e. The topological polar surface area (TPSA) is 225 Å². The quantitative estimate of drug-likeness (QED) is 0.131. The summed E-state index contributed by atoms with van der Waals surface area (Å²) in [6, 6.07) is -0.699. The van der Waals surface area contributed by atoms with Crippen molar-refractivity contribution in [2.45, 2.75) is 44.2 Å². The van der Waals surface area contributed by atoms with Crippen molar-refractivity contribution in [1.29, 1.82) is 0 Å². The Kier molecular flexibility index (Phi) is 7.03. The Hall–Kier alpha value is -3.81. The molecule has 0 bridgehead atoms. The molecule has 0 heterocycles. The van der Waals surface area contributed by atoms with Gasteiger partial charge in [-0.15, -0.1) is 0 Å². The van der Waals surface area contributed by atoms with Gasteiger partial charge in [0.2, 0.25) is 11.7 Å². The summed E-state index contributed by atoms with van der Waals surface area (Å²) in [6.07, 6.45) is 1.27. The van der Waals surface area contributed by atoms with E-state index in [1.165, 1.54) is 0 Å². The van der Waals surface area contributed by atoms with Gasteiger partial charge in [-0.3, -0.25) is 19.2 Å². The van der Waals surface area contributed by atoms with Crippen LogP contribution in [0.2, 0.25) is 0 Å². The molecule has 3 aliphatic carbocycles. The molecule has 12 nitrogen and oxygen atoms in total.